The first-order chi connectivity index (χ1) is 16.6. The van der Waals surface area contributed by atoms with Crippen LogP contribution in [0.15, 0.2) is 18.2 Å². The maximum Gasteiger partial charge on any atom is 0.332 e. The van der Waals surface area contributed by atoms with Crippen LogP contribution in [0.4, 0.5) is 0 Å². The lowest BCUT2D eigenvalue weighted by Crippen LogP contribution is -2.44. The van der Waals surface area contributed by atoms with E-state index in [1.165, 1.54) is 43.2 Å². The molecular formula is C28H42O6. The van der Waals surface area contributed by atoms with E-state index in [2.05, 4.69) is 25.1 Å². The zero-order chi connectivity index (χ0) is 24.0. The third-order valence-corrected chi connectivity index (χ3v) is 8.46. The van der Waals surface area contributed by atoms with Gasteiger partial charge in [0.1, 0.15) is 12.4 Å². The number of hydrogen-bond acceptors (Lipinski definition) is 6. The van der Waals surface area contributed by atoms with Crippen LogP contribution in [0.25, 0.3) is 0 Å². The molecule has 6 heteroatoms. The summed E-state index contributed by atoms with van der Waals surface area (Å²) < 4.78 is 22.4. The molecule has 0 bridgehead atoms. The molecule has 0 unspecified atom stereocenters. The summed E-state index contributed by atoms with van der Waals surface area (Å²) in [6.07, 6.45) is 9.11. The Morgan fingerprint density at radius 2 is 2.00 bits per heavy atom. The van der Waals surface area contributed by atoms with Crippen molar-refractivity contribution in [1.29, 1.82) is 0 Å². The Bertz CT molecular complexity index is 810. The third kappa shape index (κ3) is 5.60. The molecule has 3 aliphatic carbocycles. The molecule has 0 amide bonds. The summed E-state index contributed by atoms with van der Waals surface area (Å²) >= 11 is 0. The fraction of sp³-hybridized carbons (Fsp3) is 0.750. The fourth-order valence-electron chi connectivity index (χ4n) is 6.87. The van der Waals surface area contributed by atoms with E-state index < -0.39 is 0 Å². The molecular weight excluding hydrogens is 432 g/mol. The fourth-order valence-corrected chi connectivity index (χ4v) is 6.87. The van der Waals surface area contributed by atoms with Crippen molar-refractivity contribution in [3.63, 3.8) is 0 Å². The zero-order valence-electron chi connectivity index (χ0n) is 20.9. The summed E-state index contributed by atoms with van der Waals surface area (Å²) in [6.45, 7) is 6.59. The van der Waals surface area contributed by atoms with Crippen molar-refractivity contribution in [2.75, 3.05) is 39.6 Å². The molecule has 3 aliphatic rings. The number of ether oxygens (including phenoxy) is 4. The Morgan fingerprint density at radius 1 is 1.12 bits per heavy atom. The highest BCUT2D eigenvalue weighted by Gasteiger charge is 2.55. The molecule has 4 rings (SSSR count). The van der Waals surface area contributed by atoms with Crippen LogP contribution < -0.4 is 4.74 Å². The van der Waals surface area contributed by atoms with Gasteiger partial charge in [-0.15, -0.1) is 0 Å². The summed E-state index contributed by atoms with van der Waals surface area (Å²) in [5, 5.41) is 9.11. The number of carbonyl (C=O) groups excluding carboxylic acids is 1. The number of rotatable bonds is 12. The Hall–Kier alpha value is -1.63. The molecule has 5 atom stereocenters. The maximum absolute atomic E-state index is 11.3. The van der Waals surface area contributed by atoms with Gasteiger partial charge in [-0.3, -0.25) is 0 Å². The molecule has 34 heavy (non-hydrogen) atoms. The van der Waals surface area contributed by atoms with Crippen LogP contribution in [0.2, 0.25) is 0 Å². The average Bonchev–Trinajstić information content (AvgIpc) is 3.17. The van der Waals surface area contributed by atoms with Crippen molar-refractivity contribution in [1.82, 2.24) is 0 Å². The quantitative estimate of drug-likeness (QED) is 0.351. The number of aliphatic hydroxyl groups excluding tert-OH is 1. The first-order valence-electron chi connectivity index (χ1n) is 13.3. The summed E-state index contributed by atoms with van der Waals surface area (Å²) in [6, 6.07) is 6.68. The Kier molecular flexibility index (Phi) is 8.89. The standard InChI is InChI=1S/C28H42O6/c1-3-32-27(30)19-31-15-5-17-33-21-7-9-22-20(18-21)6-8-24-23(22)12-13-28(2)25(24)10-11-26(28)34-16-4-14-29/h7,9,18,23-26,29H,3-6,8,10-17,19H2,1-2H3/t23-,24-,25+,26+,28+/m1/s1. The predicted molar refractivity (Wildman–Crippen MR) is 130 cm³/mol. The predicted octanol–water partition coefficient (Wildman–Crippen LogP) is 4.66. The van der Waals surface area contributed by atoms with Crippen LogP contribution in [-0.2, 0) is 25.4 Å². The van der Waals surface area contributed by atoms with E-state index in [0.29, 0.717) is 38.4 Å². The first-order valence-corrected chi connectivity index (χ1v) is 13.3. The SMILES string of the molecule is CCOC(=O)COCCCOc1ccc2c(c1)CC[C@@H]1[C@@H]2CC[C@]2(C)[C@@H](OCCCO)CC[C@@H]12. The normalized spacial score (nSPS) is 29.7. The van der Waals surface area contributed by atoms with Gasteiger partial charge in [0.2, 0.25) is 0 Å². The van der Waals surface area contributed by atoms with Crippen molar-refractivity contribution in [3.8, 4) is 5.75 Å². The van der Waals surface area contributed by atoms with Gasteiger partial charge in [0.25, 0.3) is 0 Å². The maximum atomic E-state index is 11.3. The van der Waals surface area contributed by atoms with E-state index in [9.17, 15) is 4.79 Å². The minimum Gasteiger partial charge on any atom is -0.493 e. The van der Waals surface area contributed by atoms with E-state index >= 15 is 0 Å². The topological polar surface area (TPSA) is 74.2 Å². The minimum atomic E-state index is -0.318. The Labute approximate surface area is 204 Å². The van der Waals surface area contributed by atoms with Gasteiger partial charge in [0, 0.05) is 19.6 Å². The van der Waals surface area contributed by atoms with Crippen LogP contribution in [0, 0.1) is 17.3 Å². The molecule has 0 aliphatic heterocycles. The molecule has 2 saturated carbocycles. The van der Waals surface area contributed by atoms with E-state index in [-0.39, 0.29) is 24.6 Å². The van der Waals surface area contributed by atoms with Crippen LogP contribution in [-0.4, -0.2) is 56.8 Å². The van der Waals surface area contributed by atoms with Crippen molar-refractivity contribution in [3.05, 3.63) is 29.3 Å². The molecule has 0 radical (unpaired) electrons. The first kappa shape index (κ1) is 25.5. The zero-order valence-corrected chi connectivity index (χ0v) is 20.9. The van der Waals surface area contributed by atoms with Crippen LogP contribution in [0.3, 0.4) is 0 Å². The minimum absolute atomic E-state index is 0.00477. The molecule has 1 aromatic carbocycles. The lowest BCUT2D eigenvalue weighted by Gasteiger charge is -2.50. The van der Waals surface area contributed by atoms with Crippen LogP contribution in [0.1, 0.15) is 75.8 Å². The Balaban J connectivity index is 1.28. The highest BCUT2D eigenvalue weighted by molar-refractivity contribution is 5.70. The summed E-state index contributed by atoms with van der Waals surface area (Å²) in [5.74, 6) is 2.76. The van der Waals surface area contributed by atoms with E-state index in [0.717, 1.165) is 36.8 Å². The van der Waals surface area contributed by atoms with E-state index in [1.807, 2.05) is 0 Å². The smallest absolute Gasteiger partial charge is 0.332 e. The number of fused-ring (bicyclic) bond motifs is 5. The third-order valence-electron chi connectivity index (χ3n) is 8.46. The molecule has 0 saturated heterocycles. The van der Waals surface area contributed by atoms with Crippen LogP contribution >= 0.6 is 0 Å². The Morgan fingerprint density at radius 3 is 2.82 bits per heavy atom. The lowest BCUT2D eigenvalue weighted by atomic mass is 9.55. The average molecular weight is 475 g/mol. The molecule has 0 aromatic heterocycles. The van der Waals surface area contributed by atoms with Gasteiger partial charge in [-0.1, -0.05) is 13.0 Å². The molecule has 190 valence electrons. The largest absolute Gasteiger partial charge is 0.493 e. The van der Waals surface area contributed by atoms with E-state index in [1.54, 1.807) is 6.92 Å². The highest BCUT2D eigenvalue weighted by atomic mass is 16.6. The van der Waals surface area contributed by atoms with Gasteiger partial charge in [-0.05, 0) is 98.3 Å². The van der Waals surface area contributed by atoms with Crippen molar-refractivity contribution in [2.45, 2.75) is 77.2 Å². The molecule has 0 spiro atoms. The summed E-state index contributed by atoms with van der Waals surface area (Å²) in [7, 11) is 0. The van der Waals surface area contributed by atoms with Crippen molar-refractivity contribution in [2.24, 2.45) is 17.3 Å². The number of benzene rings is 1. The van der Waals surface area contributed by atoms with Crippen molar-refractivity contribution < 1.29 is 28.8 Å². The van der Waals surface area contributed by atoms with Gasteiger partial charge in [0.05, 0.1) is 25.9 Å². The van der Waals surface area contributed by atoms with Gasteiger partial charge in [0.15, 0.2) is 0 Å². The summed E-state index contributed by atoms with van der Waals surface area (Å²) in [4.78, 5) is 11.3. The molecule has 1 N–H and O–H groups in total. The van der Waals surface area contributed by atoms with Crippen molar-refractivity contribution >= 4 is 5.97 Å². The number of aliphatic hydroxyl groups is 1. The van der Waals surface area contributed by atoms with E-state index in [4.69, 9.17) is 24.1 Å². The number of esters is 1. The number of aryl methyl sites for hydroxylation is 1. The molecule has 1 aromatic rings. The van der Waals surface area contributed by atoms with Crippen LogP contribution in [0.5, 0.6) is 5.75 Å². The lowest BCUT2D eigenvalue weighted by molar-refractivity contribution is -0.148. The number of hydrogen-bond donors (Lipinski definition) is 1. The second-order valence-corrected chi connectivity index (χ2v) is 10.4. The number of carbonyl (C=O) groups is 1. The molecule has 0 heterocycles. The molecule has 6 nitrogen and oxygen atoms in total. The monoisotopic (exact) mass is 474 g/mol. The van der Waals surface area contributed by atoms with Gasteiger partial charge in [-0.25, -0.2) is 4.79 Å². The second-order valence-electron chi connectivity index (χ2n) is 10.4. The highest BCUT2D eigenvalue weighted by Crippen LogP contribution is 2.61. The summed E-state index contributed by atoms with van der Waals surface area (Å²) in [5.41, 5.74) is 3.27. The van der Waals surface area contributed by atoms with Gasteiger partial charge >= 0.3 is 5.97 Å². The second kappa shape index (κ2) is 11.9. The van der Waals surface area contributed by atoms with Gasteiger partial charge < -0.3 is 24.1 Å². The molecule has 2 fully saturated rings. The van der Waals surface area contributed by atoms with Gasteiger partial charge in [-0.2, -0.15) is 0 Å².